The van der Waals surface area contributed by atoms with E-state index in [4.69, 9.17) is 0 Å². The number of carbonyl (C=O) groups excluding carboxylic acids is 2. The van der Waals surface area contributed by atoms with Gasteiger partial charge in [0.05, 0.1) is 13.5 Å². The first-order valence-corrected chi connectivity index (χ1v) is 6.12. The summed E-state index contributed by atoms with van der Waals surface area (Å²) in [5.74, 6) is 0.0714. The van der Waals surface area contributed by atoms with Crippen molar-refractivity contribution in [2.45, 2.75) is 12.8 Å². The van der Waals surface area contributed by atoms with Crippen molar-refractivity contribution >= 4 is 11.9 Å². The summed E-state index contributed by atoms with van der Waals surface area (Å²) >= 11 is 0. The van der Waals surface area contributed by atoms with Crippen LogP contribution >= 0.6 is 0 Å². The van der Waals surface area contributed by atoms with Crippen LogP contribution in [0.25, 0.3) is 0 Å². The van der Waals surface area contributed by atoms with Crippen LogP contribution in [0, 0.1) is 5.92 Å². The van der Waals surface area contributed by atoms with Crippen LogP contribution in [0.4, 0.5) is 0 Å². The summed E-state index contributed by atoms with van der Waals surface area (Å²) in [4.78, 5) is 25.2. The van der Waals surface area contributed by atoms with Crippen molar-refractivity contribution in [2.24, 2.45) is 5.92 Å². The molecule has 1 unspecified atom stereocenters. The number of rotatable bonds is 3. The van der Waals surface area contributed by atoms with Gasteiger partial charge in [0.1, 0.15) is 0 Å². The number of esters is 1. The van der Waals surface area contributed by atoms with Gasteiger partial charge in [0.25, 0.3) is 5.91 Å². The van der Waals surface area contributed by atoms with Gasteiger partial charge in [-0.05, 0) is 24.5 Å². The molecule has 1 aromatic carbocycles. The van der Waals surface area contributed by atoms with Gasteiger partial charge in [-0.1, -0.05) is 18.2 Å². The molecule has 1 heterocycles. The molecule has 1 aliphatic rings. The minimum Gasteiger partial charge on any atom is -0.469 e. The molecule has 1 amide bonds. The highest BCUT2D eigenvalue weighted by Crippen LogP contribution is 2.21. The Balaban J connectivity index is 1.93. The van der Waals surface area contributed by atoms with Crippen molar-refractivity contribution in [3.8, 4) is 0 Å². The second-order valence-corrected chi connectivity index (χ2v) is 4.55. The molecule has 0 spiro atoms. The van der Waals surface area contributed by atoms with Gasteiger partial charge >= 0.3 is 5.97 Å². The molecule has 0 saturated carbocycles. The fourth-order valence-corrected chi connectivity index (χ4v) is 2.27. The first kappa shape index (κ1) is 12.6. The number of benzene rings is 1. The molecule has 1 aromatic rings. The number of methoxy groups -OCH3 is 1. The number of nitrogens with zero attached hydrogens (tertiary/aromatic N) is 1. The molecule has 0 radical (unpaired) electrons. The van der Waals surface area contributed by atoms with Gasteiger partial charge in [-0.3, -0.25) is 9.59 Å². The monoisotopic (exact) mass is 247 g/mol. The Kier molecular flexibility index (Phi) is 3.97. The molecular formula is C14H17NO3. The number of ether oxygens (including phenoxy) is 1. The number of hydrogen-bond donors (Lipinski definition) is 0. The summed E-state index contributed by atoms with van der Waals surface area (Å²) in [5.41, 5.74) is 0.705. The molecule has 1 aliphatic heterocycles. The van der Waals surface area contributed by atoms with Crippen LogP contribution < -0.4 is 0 Å². The Morgan fingerprint density at radius 3 is 2.72 bits per heavy atom. The molecule has 0 N–H and O–H groups in total. The van der Waals surface area contributed by atoms with E-state index >= 15 is 0 Å². The Bertz CT molecular complexity index is 430. The number of hydrogen-bond acceptors (Lipinski definition) is 3. The minimum atomic E-state index is -0.200. The van der Waals surface area contributed by atoms with Gasteiger partial charge < -0.3 is 9.64 Å². The van der Waals surface area contributed by atoms with Crippen molar-refractivity contribution in [1.82, 2.24) is 4.90 Å². The van der Waals surface area contributed by atoms with Crippen LogP contribution in [0.15, 0.2) is 30.3 Å². The molecule has 96 valence electrons. The fourth-order valence-electron chi connectivity index (χ4n) is 2.27. The first-order chi connectivity index (χ1) is 8.70. The third-order valence-corrected chi connectivity index (χ3v) is 3.28. The molecule has 4 heteroatoms. The third kappa shape index (κ3) is 2.88. The zero-order valence-corrected chi connectivity index (χ0v) is 10.5. The number of likely N-dealkylation sites (tertiary alicyclic amines) is 1. The largest absolute Gasteiger partial charge is 0.469 e. The van der Waals surface area contributed by atoms with E-state index in [2.05, 4.69) is 4.74 Å². The van der Waals surface area contributed by atoms with Gasteiger partial charge in [-0.25, -0.2) is 0 Å². The van der Waals surface area contributed by atoms with Crippen LogP contribution in [0.1, 0.15) is 23.2 Å². The normalized spacial score (nSPS) is 18.7. The highest BCUT2D eigenvalue weighted by molar-refractivity contribution is 5.94. The predicted molar refractivity (Wildman–Crippen MR) is 67.1 cm³/mol. The molecule has 18 heavy (non-hydrogen) atoms. The quantitative estimate of drug-likeness (QED) is 0.764. The third-order valence-electron chi connectivity index (χ3n) is 3.28. The standard InChI is InChI=1S/C14H17NO3/c1-18-13(16)9-11-7-8-15(10-11)14(17)12-5-3-2-4-6-12/h2-6,11H,7-10H2,1H3. The Labute approximate surface area is 107 Å². The van der Waals surface area contributed by atoms with Gasteiger partial charge in [0, 0.05) is 18.7 Å². The van der Waals surface area contributed by atoms with E-state index in [1.807, 2.05) is 35.2 Å². The zero-order chi connectivity index (χ0) is 13.0. The van der Waals surface area contributed by atoms with Crippen LogP contribution in [0.3, 0.4) is 0 Å². The first-order valence-electron chi connectivity index (χ1n) is 6.12. The molecular weight excluding hydrogens is 230 g/mol. The smallest absolute Gasteiger partial charge is 0.305 e. The summed E-state index contributed by atoms with van der Waals surface area (Å²) in [5, 5.41) is 0. The zero-order valence-electron chi connectivity index (χ0n) is 10.5. The summed E-state index contributed by atoms with van der Waals surface area (Å²) < 4.78 is 4.65. The number of amides is 1. The van der Waals surface area contributed by atoms with Crippen LogP contribution in [0.5, 0.6) is 0 Å². The number of carbonyl (C=O) groups is 2. The van der Waals surface area contributed by atoms with E-state index in [9.17, 15) is 9.59 Å². The summed E-state index contributed by atoms with van der Waals surface area (Å²) in [6.45, 7) is 1.36. The van der Waals surface area contributed by atoms with Crippen molar-refractivity contribution in [2.75, 3.05) is 20.2 Å². The highest BCUT2D eigenvalue weighted by Gasteiger charge is 2.28. The van der Waals surface area contributed by atoms with Crippen molar-refractivity contribution in [1.29, 1.82) is 0 Å². The maximum Gasteiger partial charge on any atom is 0.305 e. The predicted octanol–water partition coefficient (Wildman–Crippen LogP) is 1.71. The van der Waals surface area contributed by atoms with Gasteiger partial charge in [-0.15, -0.1) is 0 Å². The van der Waals surface area contributed by atoms with E-state index in [-0.39, 0.29) is 17.8 Å². The average Bonchev–Trinajstić information content (AvgIpc) is 2.87. The second-order valence-electron chi connectivity index (χ2n) is 4.55. The summed E-state index contributed by atoms with van der Waals surface area (Å²) in [7, 11) is 1.39. The summed E-state index contributed by atoms with van der Waals surface area (Å²) in [6, 6.07) is 9.23. The lowest BCUT2D eigenvalue weighted by Gasteiger charge is -2.16. The second kappa shape index (κ2) is 5.67. The lowest BCUT2D eigenvalue weighted by atomic mass is 10.1. The molecule has 0 bridgehead atoms. The minimum absolute atomic E-state index is 0.0444. The lowest BCUT2D eigenvalue weighted by Crippen LogP contribution is -2.29. The van der Waals surface area contributed by atoms with Gasteiger partial charge in [-0.2, -0.15) is 0 Å². The van der Waals surface area contributed by atoms with Crippen molar-refractivity contribution in [3.05, 3.63) is 35.9 Å². The van der Waals surface area contributed by atoms with Crippen LogP contribution in [-0.4, -0.2) is 37.0 Å². The molecule has 1 saturated heterocycles. The Hall–Kier alpha value is -1.84. The molecule has 1 fully saturated rings. The van der Waals surface area contributed by atoms with E-state index in [1.54, 1.807) is 0 Å². The molecule has 1 atom stereocenters. The Morgan fingerprint density at radius 2 is 2.06 bits per heavy atom. The maximum atomic E-state index is 12.2. The topological polar surface area (TPSA) is 46.6 Å². The van der Waals surface area contributed by atoms with E-state index in [0.717, 1.165) is 13.0 Å². The average molecular weight is 247 g/mol. The van der Waals surface area contributed by atoms with Gasteiger partial charge in [0.2, 0.25) is 0 Å². The molecule has 0 aliphatic carbocycles. The maximum absolute atomic E-state index is 12.2. The van der Waals surface area contributed by atoms with Crippen molar-refractivity contribution in [3.63, 3.8) is 0 Å². The van der Waals surface area contributed by atoms with E-state index in [1.165, 1.54) is 7.11 Å². The van der Waals surface area contributed by atoms with Crippen LogP contribution in [0.2, 0.25) is 0 Å². The van der Waals surface area contributed by atoms with Crippen LogP contribution in [-0.2, 0) is 9.53 Å². The Morgan fingerprint density at radius 1 is 1.33 bits per heavy atom. The summed E-state index contributed by atoms with van der Waals surface area (Å²) in [6.07, 6.45) is 1.27. The van der Waals surface area contributed by atoms with Crippen molar-refractivity contribution < 1.29 is 14.3 Å². The molecule has 4 nitrogen and oxygen atoms in total. The fraction of sp³-hybridized carbons (Fsp3) is 0.429. The van der Waals surface area contributed by atoms with Gasteiger partial charge in [0.15, 0.2) is 0 Å². The van der Waals surface area contributed by atoms with E-state index in [0.29, 0.717) is 18.5 Å². The SMILES string of the molecule is COC(=O)CC1CCN(C(=O)c2ccccc2)C1. The lowest BCUT2D eigenvalue weighted by molar-refractivity contribution is -0.141. The van der Waals surface area contributed by atoms with E-state index < -0.39 is 0 Å². The molecule has 0 aromatic heterocycles. The molecule has 2 rings (SSSR count). The highest BCUT2D eigenvalue weighted by atomic mass is 16.5.